The van der Waals surface area contributed by atoms with Gasteiger partial charge >= 0.3 is 0 Å². The van der Waals surface area contributed by atoms with Crippen LogP contribution in [0.4, 0.5) is 0 Å². The number of hydrogen-bond donors (Lipinski definition) is 1. The standard InChI is InChI=1S/C24H39N3O4.HI/c1-25-24(27-13-11-20(12-14-27)30-16-6-15-28-2)26-18-19-9-10-22(29-3)17-23(19)31-21-7-4-5-8-21;/h9-10,17,20-21H,4-8,11-16,18H2,1-3H3,(H,25,26);1H. The zero-order chi connectivity index (χ0) is 21.9. The molecule has 2 fully saturated rings. The van der Waals surface area contributed by atoms with Crippen LogP contribution in [0.25, 0.3) is 0 Å². The molecule has 0 amide bonds. The van der Waals surface area contributed by atoms with Gasteiger partial charge in [0.15, 0.2) is 5.96 Å². The molecule has 0 bridgehead atoms. The highest BCUT2D eigenvalue weighted by Gasteiger charge is 2.23. The van der Waals surface area contributed by atoms with Gasteiger partial charge in [-0.05, 0) is 57.1 Å². The van der Waals surface area contributed by atoms with E-state index in [4.69, 9.17) is 18.9 Å². The van der Waals surface area contributed by atoms with Gasteiger partial charge in [-0.2, -0.15) is 0 Å². The maximum absolute atomic E-state index is 6.33. The van der Waals surface area contributed by atoms with Crippen molar-refractivity contribution in [2.75, 3.05) is 47.6 Å². The van der Waals surface area contributed by atoms with Crippen molar-refractivity contribution in [2.45, 2.75) is 63.7 Å². The smallest absolute Gasteiger partial charge is 0.193 e. The Kier molecular flexibility index (Phi) is 12.5. The van der Waals surface area contributed by atoms with Crippen molar-refractivity contribution in [2.24, 2.45) is 4.99 Å². The van der Waals surface area contributed by atoms with E-state index in [0.29, 0.717) is 18.8 Å². The molecule has 2 aliphatic rings. The molecule has 182 valence electrons. The molecule has 0 radical (unpaired) electrons. The van der Waals surface area contributed by atoms with Crippen LogP contribution < -0.4 is 14.8 Å². The van der Waals surface area contributed by atoms with E-state index in [2.05, 4.69) is 21.3 Å². The highest BCUT2D eigenvalue weighted by molar-refractivity contribution is 14.0. The number of nitrogens with one attached hydrogen (secondary N) is 1. The zero-order valence-electron chi connectivity index (χ0n) is 19.8. The molecule has 1 heterocycles. The van der Waals surface area contributed by atoms with Crippen molar-refractivity contribution in [3.63, 3.8) is 0 Å². The average Bonchev–Trinajstić information content (AvgIpc) is 3.32. The lowest BCUT2D eigenvalue weighted by Gasteiger charge is -2.34. The Hall–Kier alpha value is -1.26. The van der Waals surface area contributed by atoms with Gasteiger partial charge in [0.05, 0.1) is 19.3 Å². The van der Waals surface area contributed by atoms with E-state index >= 15 is 0 Å². The molecular weight excluding hydrogens is 521 g/mol. The van der Waals surface area contributed by atoms with E-state index < -0.39 is 0 Å². The third-order valence-electron chi connectivity index (χ3n) is 6.11. The topological polar surface area (TPSA) is 64.6 Å². The van der Waals surface area contributed by atoms with Crippen molar-refractivity contribution in [3.8, 4) is 11.5 Å². The number of hydrogen-bond acceptors (Lipinski definition) is 5. The van der Waals surface area contributed by atoms with Crippen LogP contribution in [0.2, 0.25) is 0 Å². The fourth-order valence-electron chi connectivity index (χ4n) is 4.30. The second-order valence-corrected chi connectivity index (χ2v) is 8.30. The Morgan fingerprint density at radius 3 is 2.47 bits per heavy atom. The van der Waals surface area contributed by atoms with E-state index in [1.807, 2.05) is 19.2 Å². The molecule has 1 saturated carbocycles. The average molecular weight is 562 g/mol. The molecule has 0 atom stereocenters. The van der Waals surface area contributed by atoms with E-state index in [9.17, 15) is 0 Å². The number of piperidine rings is 1. The number of rotatable bonds is 10. The number of halogens is 1. The van der Waals surface area contributed by atoms with Gasteiger partial charge < -0.3 is 29.2 Å². The molecule has 0 aromatic heterocycles. The Labute approximate surface area is 210 Å². The highest BCUT2D eigenvalue weighted by Crippen LogP contribution is 2.30. The first-order chi connectivity index (χ1) is 15.2. The van der Waals surface area contributed by atoms with Gasteiger partial charge in [0, 0.05) is 58.6 Å². The molecule has 1 aromatic carbocycles. The third-order valence-corrected chi connectivity index (χ3v) is 6.11. The molecule has 8 heteroatoms. The first kappa shape index (κ1) is 27.0. The van der Waals surface area contributed by atoms with Crippen LogP contribution in [0, 0.1) is 0 Å². The summed E-state index contributed by atoms with van der Waals surface area (Å²) in [5.74, 6) is 2.67. The molecule has 1 N–H and O–H groups in total. The number of methoxy groups -OCH3 is 2. The van der Waals surface area contributed by atoms with Crippen LogP contribution in [-0.2, 0) is 16.0 Å². The Bertz CT molecular complexity index is 690. The molecule has 1 aliphatic heterocycles. The summed E-state index contributed by atoms with van der Waals surface area (Å²) in [6.45, 7) is 4.09. The fourth-order valence-corrected chi connectivity index (χ4v) is 4.30. The van der Waals surface area contributed by atoms with Crippen LogP contribution in [0.1, 0.15) is 50.5 Å². The number of nitrogens with zero attached hydrogens (tertiary/aromatic N) is 2. The Morgan fingerprint density at radius 1 is 1.06 bits per heavy atom. The molecule has 0 spiro atoms. The second-order valence-electron chi connectivity index (χ2n) is 8.30. The monoisotopic (exact) mass is 561 g/mol. The van der Waals surface area contributed by atoms with Gasteiger partial charge in [-0.1, -0.05) is 0 Å². The van der Waals surface area contributed by atoms with Crippen molar-refractivity contribution >= 4 is 29.9 Å². The lowest BCUT2D eigenvalue weighted by atomic mass is 10.1. The molecule has 1 saturated heterocycles. The number of guanidine groups is 1. The lowest BCUT2D eigenvalue weighted by Crippen LogP contribution is -2.46. The predicted octanol–water partition coefficient (Wildman–Crippen LogP) is 4.23. The van der Waals surface area contributed by atoms with Crippen LogP contribution in [0.15, 0.2) is 23.2 Å². The minimum absolute atomic E-state index is 0. The fraction of sp³-hybridized carbons (Fsp3) is 0.708. The summed E-state index contributed by atoms with van der Waals surface area (Å²) in [4.78, 5) is 6.83. The summed E-state index contributed by atoms with van der Waals surface area (Å²) in [6.07, 6.45) is 8.41. The van der Waals surface area contributed by atoms with Gasteiger partial charge in [-0.25, -0.2) is 0 Å². The molecule has 3 rings (SSSR count). The molecule has 1 aliphatic carbocycles. The van der Waals surface area contributed by atoms with E-state index in [0.717, 1.165) is 81.4 Å². The van der Waals surface area contributed by atoms with Gasteiger partial charge in [0.2, 0.25) is 0 Å². The van der Waals surface area contributed by atoms with Crippen molar-refractivity contribution in [3.05, 3.63) is 23.8 Å². The highest BCUT2D eigenvalue weighted by atomic mass is 127. The molecule has 1 aromatic rings. The normalized spacial score (nSPS) is 17.8. The largest absolute Gasteiger partial charge is 0.497 e. The minimum Gasteiger partial charge on any atom is -0.497 e. The van der Waals surface area contributed by atoms with Gasteiger partial charge in [0.25, 0.3) is 0 Å². The number of likely N-dealkylation sites (tertiary alicyclic amines) is 1. The van der Waals surface area contributed by atoms with E-state index in [-0.39, 0.29) is 24.0 Å². The number of ether oxygens (including phenoxy) is 4. The van der Waals surface area contributed by atoms with E-state index in [1.54, 1.807) is 14.2 Å². The summed E-state index contributed by atoms with van der Waals surface area (Å²) in [6, 6.07) is 6.09. The summed E-state index contributed by atoms with van der Waals surface area (Å²) in [5, 5.41) is 3.53. The summed E-state index contributed by atoms with van der Waals surface area (Å²) < 4.78 is 22.8. The quantitative estimate of drug-likeness (QED) is 0.200. The first-order valence-corrected chi connectivity index (χ1v) is 11.6. The van der Waals surface area contributed by atoms with Crippen molar-refractivity contribution in [1.29, 1.82) is 0 Å². The number of aliphatic imine (C=N–C) groups is 1. The zero-order valence-corrected chi connectivity index (χ0v) is 22.1. The number of benzene rings is 1. The van der Waals surface area contributed by atoms with Crippen LogP contribution in [0.3, 0.4) is 0 Å². The first-order valence-electron chi connectivity index (χ1n) is 11.6. The third kappa shape index (κ3) is 8.26. The van der Waals surface area contributed by atoms with Gasteiger partial charge in [0.1, 0.15) is 11.5 Å². The Morgan fingerprint density at radius 2 is 1.81 bits per heavy atom. The molecule has 32 heavy (non-hydrogen) atoms. The lowest BCUT2D eigenvalue weighted by molar-refractivity contribution is 0.00989. The minimum atomic E-state index is 0. The SMILES string of the molecule is CN=C(NCc1ccc(OC)cc1OC1CCCC1)N1CCC(OCCCOC)CC1.I. The second kappa shape index (κ2) is 14.8. The van der Waals surface area contributed by atoms with Crippen molar-refractivity contribution in [1.82, 2.24) is 10.2 Å². The summed E-state index contributed by atoms with van der Waals surface area (Å²) in [7, 11) is 5.27. The van der Waals surface area contributed by atoms with Crippen LogP contribution in [0.5, 0.6) is 11.5 Å². The molecule has 0 unspecified atom stereocenters. The van der Waals surface area contributed by atoms with Gasteiger partial charge in [-0.15, -0.1) is 24.0 Å². The van der Waals surface area contributed by atoms with Gasteiger partial charge in [-0.3, -0.25) is 4.99 Å². The van der Waals surface area contributed by atoms with Crippen molar-refractivity contribution < 1.29 is 18.9 Å². The molecule has 7 nitrogen and oxygen atoms in total. The predicted molar refractivity (Wildman–Crippen MR) is 139 cm³/mol. The Balaban J connectivity index is 0.00000363. The summed E-state index contributed by atoms with van der Waals surface area (Å²) in [5.41, 5.74) is 1.13. The van der Waals surface area contributed by atoms with Crippen LogP contribution in [-0.4, -0.2) is 70.6 Å². The van der Waals surface area contributed by atoms with E-state index in [1.165, 1.54) is 12.8 Å². The maximum Gasteiger partial charge on any atom is 0.193 e. The maximum atomic E-state index is 6.33. The molecular formula is C24H40IN3O4. The van der Waals surface area contributed by atoms with Crippen LogP contribution >= 0.6 is 24.0 Å². The summed E-state index contributed by atoms with van der Waals surface area (Å²) >= 11 is 0.